The summed E-state index contributed by atoms with van der Waals surface area (Å²) < 4.78 is 11.2. The van der Waals surface area contributed by atoms with Gasteiger partial charge in [0.2, 0.25) is 0 Å². The van der Waals surface area contributed by atoms with Gasteiger partial charge in [-0.25, -0.2) is 9.36 Å². The predicted molar refractivity (Wildman–Crippen MR) is 145 cm³/mol. The van der Waals surface area contributed by atoms with Gasteiger partial charge in [0.05, 0.1) is 35.4 Å². The van der Waals surface area contributed by atoms with Gasteiger partial charge in [0.15, 0.2) is 5.76 Å². The van der Waals surface area contributed by atoms with Crippen molar-refractivity contribution in [3.8, 4) is 11.3 Å². The van der Waals surface area contributed by atoms with Crippen molar-refractivity contribution in [2.24, 2.45) is 0 Å². The van der Waals surface area contributed by atoms with E-state index in [0.29, 0.717) is 24.2 Å². The van der Waals surface area contributed by atoms with E-state index in [4.69, 9.17) is 4.52 Å². The van der Waals surface area contributed by atoms with Crippen LogP contribution in [-0.4, -0.2) is 29.5 Å². The van der Waals surface area contributed by atoms with E-state index >= 15 is 0 Å². The summed E-state index contributed by atoms with van der Waals surface area (Å²) in [6, 6.07) is 17.9. The van der Waals surface area contributed by atoms with Gasteiger partial charge in [-0.15, -0.1) is 5.10 Å². The largest absolute Gasteiger partial charge is 0.359 e. The molecule has 3 heterocycles. The lowest BCUT2D eigenvalue weighted by atomic mass is 9.86. The van der Waals surface area contributed by atoms with Gasteiger partial charge in [-0.05, 0) is 36.0 Å². The molecule has 192 valence electrons. The van der Waals surface area contributed by atoms with Crippen LogP contribution in [0.15, 0.2) is 70.1 Å². The quantitative estimate of drug-likeness (QED) is 0.284. The molecule has 0 saturated carbocycles. The van der Waals surface area contributed by atoms with Crippen molar-refractivity contribution in [1.29, 1.82) is 0 Å². The lowest BCUT2D eigenvalue weighted by molar-refractivity contribution is 0.318. The molecule has 0 aliphatic rings. The number of benzene rings is 2. The van der Waals surface area contributed by atoms with Crippen LogP contribution < -0.4 is 5.56 Å². The zero-order valence-corrected chi connectivity index (χ0v) is 22.3. The maximum absolute atomic E-state index is 13.5. The van der Waals surface area contributed by atoms with Crippen molar-refractivity contribution in [3.05, 3.63) is 88.2 Å². The fourth-order valence-corrected chi connectivity index (χ4v) is 4.66. The number of nitrogens with zero attached hydrogens (tertiary/aromatic N) is 6. The maximum atomic E-state index is 13.5. The monoisotopic (exact) mass is 498 g/mol. The molecule has 3 aromatic heterocycles. The molecule has 0 saturated heterocycles. The molecule has 0 amide bonds. The fraction of sp³-hybridized carbons (Fsp3) is 0.379. The van der Waals surface area contributed by atoms with Crippen molar-refractivity contribution in [3.63, 3.8) is 0 Å². The van der Waals surface area contributed by atoms with Gasteiger partial charge >= 0.3 is 0 Å². The first-order valence-electron chi connectivity index (χ1n) is 12.8. The van der Waals surface area contributed by atoms with Crippen LogP contribution in [0.5, 0.6) is 0 Å². The Balaban J connectivity index is 1.44. The minimum Gasteiger partial charge on any atom is -0.359 e. The molecule has 8 nitrogen and oxygen atoms in total. The summed E-state index contributed by atoms with van der Waals surface area (Å²) in [6.45, 7) is 13.7. The van der Waals surface area contributed by atoms with E-state index in [1.807, 2.05) is 48.1 Å². The van der Waals surface area contributed by atoms with Gasteiger partial charge in [-0.1, -0.05) is 81.4 Å². The summed E-state index contributed by atoms with van der Waals surface area (Å²) in [4.78, 5) is 13.5. The Morgan fingerprint density at radius 3 is 2.41 bits per heavy atom. The lowest BCUT2D eigenvalue weighted by Gasteiger charge is -2.19. The lowest BCUT2D eigenvalue weighted by Crippen LogP contribution is -2.29. The fourth-order valence-electron chi connectivity index (χ4n) is 4.66. The van der Waals surface area contributed by atoms with Crippen LogP contribution >= 0.6 is 0 Å². The smallest absolute Gasteiger partial charge is 0.274 e. The van der Waals surface area contributed by atoms with E-state index in [1.54, 1.807) is 9.36 Å². The number of para-hydroxylation sites is 1. The van der Waals surface area contributed by atoms with E-state index < -0.39 is 0 Å². The van der Waals surface area contributed by atoms with Crippen molar-refractivity contribution < 1.29 is 4.52 Å². The maximum Gasteiger partial charge on any atom is 0.274 e. The molecule has 0 bridgehead atoms. The third kappa shape index (κ3) is 4.88. The molecular formula is C29H34N6O2. The topological polar surface area (TPSA) is 83.7 Å². The zero-order chi connectivity index (χ0) is 26.3. The average Bonchev–Trinajstić information content (AvgIpc) is 3.58. The molecule has 0 aliphatic heterocycles. The van der Waals surface area contributed by atoms with E-state index in [9.17, 15) is 4.79 Å². The van der Waals surface area contributed by atoms with Crippen molar-refractivity contribution in [2.45, 2.75) is 72.0 Å². The second-order valence-electron chi connectivity index (χ2n) is 11.1. The molecule has 2 aromatic carbocycles. The molecule has 0 N–H and O–H groups in total. The molecule has 0 radical (unpaired) electrons. The normalized spacial score (nSPS) is 13.1. The third-order valence-corrected chi connectivity index (χ3v) is 6.81. The first-order chi connectivity index (χ1) is 17.6. The molecule has 8 heteroatoms. The highest BCUT2D eigenvalue weighted by molar-refractivity contribution is 5.78. The molecule has 0 spiro atoms. The standard InChI is InChI=1S/C29H34N6O2/c1-19(2)25-15-23(37-31-25)17-34-27-10-8-7-9-24(27)28(36)35(34)20(3)16-33-18-26(30-32-33)21-11-13-22(14-12-21)29(4,5)6/h7-15,18-20H,16-17H2,1-6H3. The van der Waals surface area contributed by atoms with Crippen molar-refractivity contribution in [1.82, 2.24) is 29.5 Å². The van der Waals surface area contributed by atoms with Gasteiger partial charge < -0.3 is 4.52 Å². The Hall–Kier alpha value is -3.94. The molecule has 1 unspecified atom stereocenters. The second-order valence-corrected chi connectivity index (χ2v) is 11.1. The van der Waals surface area contributed by atoms with E-state index in [-0.39, 0.29) is 22.9 Å². The molecule has 0 aliphatic carbocycles. The van der Waals surface area contributed by atoms with E-state index in [2.05, 4.69) is 74.4 Å². The highest BCUT2D eigenvalue weighted by Crippen LogP contribution is 2.26. The summed E-state index contributed by atoms with van der Waals surface area (Å²) in [6.07, 6.45) is 1.94. The van der Waals surface area contributed by atoms with Crippen LogP contribution in [0.1, 0.15) is 70.5 Å². The molecule has 1 atom stereocenters. The molecule has 37 heavy (non-hydrogen) atoms. The summed E-state index contributed by atoms with van der Waals surface area (Å²) in [5, 5.41) is 13.6. The average molecular weight is 499 g/mol. The van der Waals surface area contributed by atoms with Crippen LogP contribution in [0.2, 0.25) is 0 Å². The molecule has 5 aromatic rings. The molecule has 5 rings (SSSR count). The van der Waals surface area contributed by atoms with E-state index in [1.165, 1.54) is 5.56 Å². The summed E-state index contributed by atoms with van der Waals surface area (Å²) in [5.74, 6) is 0.985. The third-order valence-electron chi connectivity index (χ3n) is 6.81. The number of hydrogen-bond acceptors (Lipinski definition) is 5. The van der Waals surface area contributed by atoms with Crippen LogP contribution in [0, 0.1) is 0 Å². The van der Waals surface area contributed by atoms with Gasteiger partial charge in [0.1, 0.15) is 12.2 Å². The van der Waals surface area contributed by atoms with Crippen molar-refractivity contribution in [2.75, 3.05) is 0 Å². The minimum atomic E-state index is -0.176. The van der Waals surface area contributed by atoms with Crippen LogP contribution in [0.4, 0.5) is 0 Å². The zero-order valence-electron chi connectivity index (χ0n) is 22.3. The van der Waals surface area contributed by atoms with Crippen LogP contribution in [0.25, 0.3) is 22.2 Å². The highest BCUT2D eigenvalue weighted by atomic mass is 16.5. The molecule has 0 fully saturated rings. The highest BCUT2D eigenvalue weighted by Gasteiger charge is 2.21. The van der Waals surface area contributed by atoms with Gasteiger partial charge in [0.25, 0.3) is 5.56 Å². The number of hydrogen-bond donors (Lipinski definition) is 0. The van der Waals surface area contributed by atoms with Gasteiger partial charge in [-0.3, -0.25) is 9.48 Å². The van der Waals surface area contributed by atoms with Crippen LogP contribution in [-0.2, 0) is 18.5 Å². The van der Waals surface area contributed by atoms with Gasteiger partial charge in [-0.2, -0.15) is 0 Å². The second kappa shape index (κ2) is 9.50. The Kier molecular flexibility index (Phi) is 6.35. The Bertz CT molecular complexity index is 1580. The summed E-state index contributed by atoms with van der Waals surface area (Å²) in [5.41, 5.74) is 4.92. The van der Waals surface area contributed by atoms with Gasteiger partial charge in [0, 0.05) is 11.6 Å². The number of fused-ring (bicyclic) bond motifs is 1. The number of rotatable bonds is 7. The van der Waals surface area contributed by atoms with Crippen LogP contribution in [0.3, 0.4) is 0 Å². The van der Waals surface area contributed by atoms with E-state index in [0.717, 1.165) is 22.5 Å². The van der Waals surface area contributed by atoms with Crippen molar-refractivity contribution >= 4 is 10.9 Å². The SMILES string of the molecule is CC(C)c1cc(Cn2c3ccccc3c(=O)n2C(C)Cn2cc(-c3ccc(C(C)(C)C)cc3)nn2)on1. The Morgan fingerprint density at radius 1 is 1.00 bits per heavy atom. The number of aromatic nitrogens is 6. The first-order valence-corrected chi connectivity index (χ1v) is 12.8. The minimum absolute atomic E-state index is 0.0372. The predicted octanol–water partition coefficient (Wildman–Crippen LogP) is 5.78. The summed E-state index contributed by atoms with van der Waals surface area (Å²) in [7, 11) is 0. The Morgan fingerprint density at radius 2 is 1.73 bits per heavy atom. The Labute approximate surface area is 216 Å². The molecular weight excluding hydrogens is 464 g/mol. The first kappa shape index (κ1) is 24.7. The summed E-state index contributed by atoms with van der Waals surface area (Å²) >= 11 is 0.